The quantitative estimate of drug-likeness (QED) is 0.739. The summed E-state index contributed by atoms with van der Waals surface area (Å²) in [4.78, 5) is 0. The van der Waals surface area contributed by atoms with Crippen LogP contribution in [-0.2, 0) is 22.2 Å². The molecular weight excluding hydrogens is 190 g/mol. The monoisotopic (exact) mass is 197 g/mol. The summed E-state index contributed by atoms with van der Waals surface area (Å²) in [6, 6.07) is 8.63. The van der Waals surface area contributed by atoms with Crippen LogP contribution in [0.5, 0.6) is 0 Å². The van der Waals surface area contributed by atoms with Gasteiger partial charge in [-0.25, -0.2) is 0 Å². The number of hydrogen-bond donors (Lipinski definition) is 1. The second-order valence-corrected chi connectivity index (χ2v) is 2.96. The average molecular weight is 197 g/mol. The van der Waals surface area contributed by atoms with Crippen molar-refractivity contribution in [1.82, 2.24) is 0 Å². The first-order valence-corrected chi connectivity index (χ1v) is 4.48. The van der Waals surface area contributed by atoms with Crippen LogP contribution in [0.3, 0.4) is 0 Å². The van der Waals surface area contributed by atoms with Crippen LogP contribution < -0.4 is 0 Å². The van der Waals surface area contributed by atoms with Crippen LogP contribution in [-0.4, -0.2) is 8.76 Å². The Bertz CT molecular complexity index is 359. The maximum absolute atomic E-state index is 10.2. The molecule has 13 heavy (non-hydrogen) atoms. The van der Waals surface area contributed by atoms with E-state index in [0.717, 1.165) is 0 Å². The standard InChI is InChI=1S/C8H7NO3S/c9-5-7-2-1-3-8(4-7)6-12-13(10)11/h1-4H,6H2,(H,10,11). The van der Waals surface area contributed by atoms with Crippen molar-refractivity contribution >= 4 is 11.4 Å². The Balaban J connectivity index is 2.68. The Labute approximate surface area is 78.3 Å². The molecule has 0 saturated carbocycles. The zero-order chi connectivity index (χ0) is 9.68. The van der Waals surface area contributed by atoms with Crippen LogP contribution in [0, 0.1) is 11.3 Å². The number of nitriles is 1. The van der Waals surface area contributed by atoms with Gasteiger partial charge in [0.15, 0.2) is 0 Å². The largest absolute Gasteiger partial charge is 0.302 e. The molecule has 1 atom stereocenters. The van der Waals surface area contributed by atoms with E-state index in [2.05, 4.69) is 4.18 Å². The Morgan fingerprint density at radius 2 is 2.38 bits per heavy atom. The van der Waals surface area contributed by atoms with Gasteiger partial charge in [-0.3, -0.25) is 8.74 Å². The third-order valence-corrected chi connectivity index (χ3v) is 1.70. The first-order chi connectivity index (χ1) is 6.22. The van der Waals surface area contributed by atoms with Gasteiger partial charge in [-0.2, -0.15) is 9.47 Å². The molecule has 0 aliphatic heterocycles. The molecule has 0 saturated heterocycles. The average Bonchev–Trinajstić information content (AvgIpc) is 2.15. The van der Waals surface area contributed by atoms with E-state index in [1.807, 2.05) is 6.07 Å². The maximum atomic E-state index is 10.2. The van der Waals surface area contributed by atoms with Crippen molar-refractivity contribution in [3.8, 4) is 6.07 Å². The molecule has 0 heterocycles. The molecule has 1 rings (SSSR count). The lowest BCUT2D eigenvalue weighted by molar-refractivity contribution is 0.297. The van der Waals surface area contributed by atoms with Gasteiger partial charge in [0.1, 0.15) is 0 Å². The van der Waals surface area contributed by atoms with Crippen molar-refractivity contribution in [2.45, 2.75) is 6.61 Å². The zero-order valence-electron chi connectivity index (χ0n) is 6.64. The molecule has 4 nitrogen and oxygen atoms in total. The minimum Gasteiger partial charge on any atom is -0.284 e. The predicted molar refractivity (Wildman–Crippen MR) is 46.7 cm³/mol. The Hall–Kier alpha value is -1.22. The summed E-state index contributed by atoms with van der Waals surface area (Å²) < 4.78 is 22.9. The van der Waals surface area contributed by atoms with Gasteiger partial charge in [0.2, 0.25) is 0 Å². The van der Waals surface area contributed by atoms with E-state index in [1.165, 1.54) is 0 Å². The lowest BCUT2D eigenvalue weighted by Gasteiger charge is -1.98. The molecule has 0 aromatic heterocycles. The molecule has 0 aliphatic carbocycles. The fraction of sp³-hybridized carbons (Fsp3) is 0.125. The zero-order valence-corrected chi connectivity index (χ0v) is 7.45. The topological polar surface area (TPSA) is 70.3 Å². The lowest BCUT2D eigenvalue weighted by Crippen LogP contribution is -1.95. The summed E-state index contributed by atoms with van der Waals surface area (Å²) in [5.74, 6) is 0. The van der Waals surface area contributed by atoms with E-state index in [9.17, 15) is 4.21 Å². The van der Waals surface area contributed by atoms with Gasteiger partial charge in [-0.15, -0.1) is 0 Å². The molecule has 5 heteroatoms. The second kappa shape index (κ2) is 4.72. The van der Waals surface area contributed by atoms with Crippen LogP contribution in [0.4, 0.5) is 0 Å². The SMILES string of the molecule is N#Cc1cccc(COS(=O)O)c1. The fourth-order valence-electron chi connectivity index (χ4n) is 0.849. The van der Waals surface area contributed by atoms with Gasteiger partial charge in [0, 0.05) is 0 Å². The summed E-state index contributed by atoms with van der Waals surface area (Å²) >= 11 is -2.26. The molecule has 1 aromatic rings. The third-order valence-electron chi connectivity index (χ3n) is 1.38. The minimum absolute atomic E-state index is 0.0264. The van der Waals surface area contributed by atoms with E-state index in [1.54, 1.807) is 24.3 Å². The third kappa shape index (κ3) is 3.34. The van der Waals surface area contributed by atoms with Gasteiger partial charge < -0.3 is 0 Å². The van der Waals surface area contributed by atoms with Crippen LogP contribution >= 0.6 is 0 Å². The van der Waals surface area contributed by atoms with Gasteiger partial charge in [0.05, 0.1) is 18.2 Å². The van der Waals surface area contributed by atoms with Gasteiger partial charge in [0.25, 0.3) is 0 Å². The van der Waals surface area contributed by atoms with Crippen LogP contribution in [0.25, 0.3) is 0 Å². The van der Waals surface area contributed by atoms with E-state index < -0.39 is 11.4 Å². The van der Waals surface area contributed by atoms with Gasteiger partial charge in [-0.1, -0.05) is 12.1 Å². The van der Waals surface area contributed by atoms with E-state index in [4.69, 9.17) is 9.81 Å². The Morgan fingerprint density at radius 1 is 1.62 bits per heavy atom. The highest BCUT2D eigenvalue weighted by Crippen LogP contribution is 2.05. The maximum Gasteiger partial charge on any atom is 0.302 e. The van der Waals surface area contributed by atoms with Gasteiger partial charge >= 0.3 is 11.4 Å². The van der Waals surface area contributed by atoms with Crippen molar-refractivity contribution in [2.24, 2.45) is 0 Å². The Morgan fingerprint density at radius 3 is 3.00 bits per heavy atom. The number of hydrogen-bond acceptors (Lipinski definition) is 3. The number of benzene rings is 1. The highest BCUT2D eigenvalue weighted by atomic mass is 32.2. The van der Waals surface area contributed by atoms with Crippen LogP contribution in [0.1, 0.15) is 11.1 Å². The molecule has 1 aromatic carbocycles. The van der Waals surface area contributed by atoms with Crippen molar-refractivity contribution in [3.05, 3.63) is 35.4 Å². The molecule has 68 valence electrons. The molecule has 0 amide bonds. The Kier molecular flexibility index (Phi) is 3.58. The molecular formula is C8H7NO3S. The highest BCUT2D eigenvalue weighted by Gasteiger charge is 1.97. The van der Waals surface area contributed by atoms with E-state index >= 15 is 0 Å². The van der Waals surface area contributed by atoms with Crippen LogP contribution in [0.15, 0.2) is 24.3 Å². The van der Waals surface area contributed by atoms with E-state index in [-0.39, 0.29) is 6.61 Å². The van der Waals surface area contributed by atoms with Gasteiger partial charge in [-0.05, 0) is 17.7 Å². The summed E-state index contributed by atoms with van der Waals surface area (Å²) in [6.07, 6.45) is 0. The molecule has 0 bridgehead atoms. The summed E-state index contributed by atoms with van der Waals surface area (Å²) in [7, 11) is 0. The molecule has 0 aliphatic rings. The molecule has 0 spiro atoms. The summed E-state index contributed by atoms with van der Waals surface area (Å²) in [5, 5.41) is 8.54. The normalized spacial score (nSPS) is 12.0. The van der Waals surface area contributed by atoms with Crippen molar-refractivity contribution in [3.63, 3.8) is 0 Å². The summed E-state index contributed by atoms with van der Waals surface area (Å²) in [6.45, 7) is 0.0264. The second-order valence-electron chi connectivity index (χ2n) is 2.29. The van der Waals surface area contributed by atoms with Crippen molar-refractivity contribution in [1.29, 1.82) is 5.26 Å². The fourth-order valence-corrected chi connectivity index (χ4v) is 1.09. The molecule has 1 unspecified atom stereocenters. The minimum atomic E-state index is -2.26. The summed E-state index contributed by atoms with van der Waals surface area (Å²) in [5.41, 5.74) is 1.20. The molecule has 1 N–H and O–H groups in total. The van der Waals surface area contributed by atoms with Crippen molar-refractivity contribution in [2.75, 3.05) is 0 Å². The number of rotatable bonds is 3. The lowest BCUT2D eigenvalue weighted by atomic mass is 10.1. The number of nitrogens with zero attached hydrogens (tertiary/aromatic N) is 1. The van der Waals surface area contributed by atoms with Crippen molar-refractivity contribution < 1.29 is 12.9 Å². The predicted octanol–water partition coefficient (Wildman–Crippen LogP) is 1.21. The smallest absolute Gasteiger partial charge is 0.284 e. The van der Waals surface area contributed by atoms with Crippen LogP contribution in [0.2, 0.25) is 0 Å². The first-order valence-electron chi connectivity index (χ1n) is 3.45. The first kappa shape index (κ1) is 9.86. The molecule has 0 radical (unpaired) electrons. The molecule has 0 fully saturated rings. The highest BCUT2D eigenvalue weighted by molar-refractivity contribution is 7.74. The van der Waals surface area contributed by atoms with E-state index in [0.29, 0.717) is 11.1 Å².